The van der Waals surface area contributed by atoms with E-state index in [4.69, 9.17) is 0 Å². The Morgan fingerprint density at radius 2 is 1.93 bits per heavy atom. The first kappa shape index (κ1) is 17.5. The summed E-state index contributed by atoms with van der Waals surface area (Å²) in [6.45, 7) is 6.73. The Labute approximate surface area is 165 Å². The van der Waals surface area contributed by atoms with Gasteiger partial charge in [-0.2, -0.15) is 0 Å². The third-order valence-corrected chi connectivity index (χ3v) is 6.40. The zero-order valence-corrected chi connectivity index (χ0v) is 16.7. The molecule has 3 N–H and O–H groups in total. The molecule has 0 bridgehead atoms. The second-order valence-corrected chi connectivity index (χ2v) is 7.91. The van der Waals surface area contributed by atoms with Gasteiger partial charge in [0.05, 0.1) is 5.69 Å². The van der Waals surface area contributed by atoms with Gasteiger partial charge in [0.2, 0.25) is 0 Å². The van der Waals surface area contributed by atoms with E-state index < -0.39 is 0 Å². The summed E-state index contributed by atoms with van der Waals surface area (Å²) in [7, 11) is 0. The molecule has 5 rings (SSSR count). The van der Waals surface area contributed by atoms with Crippen LogP contribution in [0.5, 0.6) is 0 Å². The van der Waals surface area contributed by atoms with E-state index in [-0.39, 0.29) is 0 Å². The molecule has 0 aliphatic carbocycles. The predicted molar refractivity (Wildman–Crippen MR) is 117 cm³/mol. The number of pyridine rings is 1. The lowest BCUT2D eigenvalue weighted by Gasteiger charge is -2.23. The van der Waals surface area contributed by atoms with Crippen LogP contribution in [0.4, 0.5) is 0 Å². The van der Waals surface area contributed by atoms with Crippen LogP contribution in [0, 0.1) is 0 Å². The fourth-order valence-corrected chi connectivity index (χ4v) is 4.88. The lowest BCUT2D eigenvalue weighted by molar-refractivity contribution is 0.460. The molecule has 4 heterocycles. The van der Waals surface area contributed by atoms with Crippen molar-refractivity contribution in [3.63, 3.8) is 0 Å². The van der Waals surface area contributed by atoms with E-state index >= 15 is 0 Å². The SMILES string of the molecule is CCc1c(-c2ccnc3[nH]cc(CC)c23)[nH]c2ccc(C3CCNCC3)cc12. The van der Waals surface area contributed by atoms with Crippen LogP contribution in [0.15, 0.2) is 36.7 Å². The van der Waals surface area contributed by atoms with E-state index in [2.05, 4.69) is 64.6 Å². The number of hydrogen-bond donors (Lipinski definition) is 3. The van der Waals surface area contributed by atoms with Crippen LogP contribution < -0.4 is 5.32 Å². The number of hydrogen-bond acceptors (Lipinski definition) is 2. The molecule has 28 heavy (non-hydrogen) atoms. The van der Waals surface area contributed by atoms with Gasteiger partial charge in [0, 0.05) is 34.2 Å². The van der Waals surface area contributed by atoms with Crippen molar-refractivity contribution in [3.05, 3.63) is 53.3 Å². The summed E-state index contributed by atoms with van der Waals surface area (Å²) >= 11 is 0. The number of nitrogens with zero attached hydrogens (tertiary/aromatic N) is 1. The van der Waals surface area contributed by atoms with Crippen LogP contribution in [0.25, 0.3) is 33.2 Å². The minimum absolute atomic E-state index is 0.678. The molecule has 0 radical (unpaired) electrons. The molecule has 3 aromatic heterocycles. The highest BCUT2D eigenvalue weighted by atomic mass is 14.9. The van der Waals surface area contributed by atoms with Gasteiger partial charge in [0.15, 0.2) is 0 Å². The standard InChI is InChI=1S/C24H28N4/c1-3-15-14-27-24-22(15)19(9-12-26-24)23-18(4-2)20-13-17(5-6-21(20)28-23)16-7-10-25-11-8-16/h5-6,9,12-14,16,25,28H,3-4,7-8,10-11H2,1-2H3,(H,26,27). The minimum Gasteiger partial charge on any atom is -0.354 e. The fraction of sp³-hybridized carbons (Fsp3) is 0.375. The van der Waals surface area contributed by atoms with E-state index in [0.717, 1.165) is 31.6 Å². The molecule has 1 aromatic carbocycles. The Bertz CT molecular complexity index is 1130. The van der Waals surface area contributed by atoms with E-state index in [0.29, 0.717) is 5.92 Å². The van der Waals surface area contributed by atoms with E-state index in [9.17, 15) is 0 Å². The van der Waals surface area contributed by atoms with E-state index in [1.54, 1.807) is 0 Å². The highest BCUT2D eigenvalue weighted by Crippen LogP contribution is 2.37. The minimum atomic E-state index is 0.678. The summed E-state index contributed by atoms with van der Waals surface area (Å²) in [5, 5.41) is 6.12. The molecule has 0 unspecified atom stereocenters. The number of aromatic amines is 2. The lowest BCUT2D eigenvalue weighted by atomic mass is 9.89. The smallest absolute Gasteiger partial charge is 0.138 e. The van der Waals surface area contributed by atoms with Crippen LogP contribution in [-0.4, -0.2) is 28.0 Å². The number of benzene rings is 1. The van der Waals surface area contributed by atoms with Crippen molar-refractivity contribution >= 4 is 21.9 Å². The van der Waals surface area contributed by atoms with Crippen LogP contribution in [-0.2, 0) is 12.8 Å². The van der Waals surface area contributed by atoms with Crippen molar-refractivity contribution in [1.82, 2.24) is 20.3 Å². The summed E-state index contributed by atoms with van der Waals surface area (Å²) < 4.78 is 0. The monoisotopic (exact) mass is 372 g/mol. The van der Waals surface area contributed by atoms with Gasteiger partial charge in [-0.1, -0.05) is 19.9 Å². The molecular formula is C24H28N4. The topological polar surface area (TPSA) is 56.5 Å². The molecule has 4 aromatic rings. The molecule has 1 fully saturated rings. The van der Waals surface area contributed by atoms with E-state index in [1.807, 2.05) is 6.20 Å². The van der Waals surface area contributed by atoms with Gasteiger partial charge in [0.1, 0.15) is 5.65 Å². The molecule has 0 atom stereocenters. The molecule has 1 aliphatic rings. The van der Waals surface area contributed by atoms with Gasteiger partial charge in [-0.3, -0.25) is 0 Å². The fourth-order valence-electron chi connectivity index (χ4n) is 4.88. The third-order valence-electron chi connectivity index (χ3n) is 6.40. The van der Waals surface area contributed by atoms with Crippen LogP contribution in [0.1, 0.15) is 49.3 Å². The maximum absolute atomic E-state index is 4.55. The van der Waals surface area contributed by atoms with Crippen LogP contribution >= 0.6 is 0 Å². The average Bonchev–Trinajstić information content (AvgIpc) is 3.34. The summed E-state index contributed by atoms with van der Waals surface area (Å²) in [6, 6.07) is 9.22. The molecule has 4 heteroatoms. The Kier molecular flexibility index (Phi) is 4.44. The number of piperidine rings is 1. The third kappa shape index (κ3) is 2.75. The van der Waals surface area contributed by atoms with Gasteiger partial charge >= 0.3 is 0 Å². The van der Waals surface area contributed by atoms with Crippen molar-refractivity contribution in [3.8, 4) is 11.3 Å². The number of aromatic nitrogens is 3. The van der Waals surface area contributed by atoms with Crippen molar-refractivity contribution in [2.24, 2.45) is 0 Å². The van der Waals surface area contributed by atoms with Crippen molar-refractivity contribution in [2.75, 3.05) is 13.1 Å². The molecule has 144 valence electrons. The number of H-pyrrole nitrogens is 2. The predicted octanol–water partition coefficient (Wildman–Crippen LogP) is 5.30. The highest BCUT2D eigenvalue weighted by molar-refractivity contribution is 6.00. The molecule has 0 spiro atoms. The quantitative estimate of drug-likeness (QED) is 0.455. The summed E-state index contributed by atoms with van der Waals surface area (Å²) in [6.07, 6.45) is 8.50. The first-order valence-corrected chi connectivity index (χ1v) is 10.6. The summed E-state index contributed by atoms with van der Waals surface area (Å²) in [5.41, 5.74) is 8.97. The maximum atomic E-state index is 4.55. The summed E-state index contributed by atoms with van der Waals surface area (Å²) in [5.74, 6) is 0.678. The Balaban J connectivity index is 1.69. The van der Waals surface area contributed by atoms with Gasteiger partial charge in [-0.25, -0.2) is 4.98 Å². The number of nitrogens with one attached hydrogen (secondary N) is 3. The van der Waals surface area contributed by atoms with Gasteiger partial charge < -0.3 is 15.3 Å². The zero-order valence-electron chi connectivity index (χ0n) is 16.7. The van der Waals surface area contributed by atoms with Gasteiger partial charge in [0.25, 0.3) is 0 Å². The molecule has 4 nitrogen and oxygen atoms in total. The summed E-state index contributed by atoms with van der Waals surface area (Å²) in [4.78, 5) is 11.6. The Morgan fingerprint density at radius 3 is 2.71 bits per heavy atom. The molecular weight excluding hydrogens is 344 g/mol. The maximum Gasteiger partial charge on any atom is 0.138 e. The van der Waals surface area contributed by atoms with E-state index in [1.165, 1.54) is 57.1 Å². The normalized spacial score (nSPS) is 15.6. The Morgan fingerprint density at radius 1 is 1.07 bits per heavy atom. The van der Waals surface area contributed by atoms with Crippen LogP contribution in [0.2, 0.25) is 0 Å². The number of aryl methyl sites for hydroxylation is 2. The van der Waals surface area contributed by atoms with Gasteiger partial charge in [-0.15, -0.1) is 0 Å². The van der Waals surface area contributed by atoms with Crippen molar-refractivity contribution in [1.29, 1.82) is 0 Å². The molecule has 0 amide bonds. The first-order chi connectivity index (χ1) is 13.8. The molecule has 0 saturated carbocycles. The molecule has 1 saturated heterocycles. The second kappa shape index (κ2) is 7.10. The second-order valence-electron chi connectivity index (χ2n) is 7.91. The van der Waals surface area contributed by atoms with Crippen molar-refractivity contribution in [2.45, 2.75) is 45.4 Å². The molecule has 1 aliphatic heterocycles. The average molecular weight is 373 g/mol. The number of rotatable bonds is 4. The lowest BCUT2D eigenvalue weighted by Crippen LogP contribution is -2.26. The van der Waals surface area contributed by atoms with Gasteiger partial charge in [-0.05, 0) is 79.6 Å². The largest absolute Gasteiger partial charge is 0.354 e. The highest BCUT2D eigenvalue weighted by Gasteiger charge is 2.19. The first-order valence-electron chi connectivity index (χ1n) is 10.6. The van der Waals surface area contributed by atoms with Crippen molar-refractivity contribution < 1.29 is 0 Å². The van der Waals surface area contributed by atoms with Crippen LogP contribution in [0.3, 0.4) is 0 Å². The Hall–Kier alpha value is -2.59. The zero-order chi connectivity index (χ0) is 19.1. The number of fused-ring (bicyclic) bond motifs is 2.